The number of nitrogens with one attached hydrogen (secondary N) is 1. The zero-order valence-corrected chi connectivity index (χ0v) is 10.7. The van der Waals surface area contributed by atoms with Crippen LogP contribution in [0.3, 0.4) is 0 Å². The summed E-state index contributed by atoms with van der Waals surface area (Å²) in [5.41, 5.74) is -0.748. The van der Waals surface area contributed by atoms with Crippen LogP contribution in [0, 0.1) is 10.1 Å². The number of para-hydroxylation sites is 1. The number of carbonyl (C=O) groups excluding carboxylic acids is 1. The quantitative estimate of drug-likeness (QED) is 0.693. The molecule has 0 aliphatic heterocycles. The molecule has 11 heteroatoms. The Bertz CT molecular complexity index is 701. The van der Waals surface area contributed by atoms with E-state index in [1.54, 1.807) is 0 Å². The summed E-state index contributed by atoms with van der Waals surface area (Å²) in [4.78, 5) is 21.8. The molecule has 1 N–H and O–H groups in total. The van der Waals surface area contributed by atoms with Crippen molar-refractivity contribution in [3.63, 3.8) is 0 Å². The van der Waals surface area contributed by atoms with E-state index in [-0.39, 0.29) is 16.9 Å². The number of rotatable bonds is 3. The van der Waals surface area contributed by atoms with Crippen LogP contribution in [0.2, 0.25) is 0 Å². The number of aromatic nitrogens is 2. The fourth-order valence-electron chi connectivity index (χ4n) is 1.38. The number of nitro groups is 1. The van der Waals surface area contributed by atoms with E-state index >= 15 is 0 Å². The second kappa shape index (κ2) is 5.44. The Labute approximate surface area is 118 Å². The van der Waals surface area contributed by atoms with E-state index in [2.05, 4.69) is 10.2 Å². The predicted molar refractivity (Wildman–Crippen MR) is 66.0 cm³/mol. The lowest BCUT2D eigenvalue weighted by Crippen LogP contribution is -2.13. The van der Waals surface area contributed by atoms with Crippen LogP contribution in [0.1, 0.15) is 15.4 Å². The van der Waals surface area contributed by atoms with Gasteiger partial charge in [-0.05, 0) is 6.07 Å². The van der Waals surface area contributed by atoms with Gasteiger partial charge >= 0.3 is 6.18 Å². The maximum Gasteiger partial charge on any atom is 0.445 e. The van der Waals surface area contributed by atoms with Gasteiger partial charge in [-0.15, -0.1) is 10.2 Å². The fraction of sp³-hybridized carbons (Fsp3) is 0.100. The Morgan fingerprint density at radius 3 is 2.52 bits per heavy atom. The number of carbonyl (C=O) groups is 1. The molecule has 0 spiro atoms. The summed E-state index contributed by atoms with van der Waals surface area (Å²) < 4.78 is 37.0. The molecule has 21 heavy (non-hydrogen) atoms. The van der Waals surface area contributed by atoms with Crippen molar-refractivity contribution in [2.45, 2.75) is 6.18 Å². The van der Waals surface area contributed by atoms with Gasteiger partial charge in [-0.2, -0.15) is 13.2 Å². The Balaban J connectivity index is 2.23. The lowest BCUT2D eigenvalue weighted by atomic mass is 10.1. The molecule has 0 bridgehead atoms. The third kappa shape index (κ3) is 3.31. The minimum atomic E-state index is -4.67. The van der Waals surface area contributed by atoms with Crippen molar-refractivity contribution in [2.75, 3.05) is 5.32 Å². The van der Waals surface area contributed by atoms with Crippen molar-refractivity contribution in [3.05, 3.63) is 45.0 Å². The fourth-order valence-corrected chi connectivity index (χ4v) is 1.98. The van der Waals surface area contributed by atoms with Crippen LogP contribution in [0.4, 0.5) is 24.0 Å². The summed E-state index contributed by atoms with van der Waals surface area (Å²) in [6.45, 7) is 0. The zero-order valence-electron chi connectivity index (χ0n) is 9.92. The van der Waals surface area contributed by atoms with Crippen molar-refractivity contribution in [2.24, 2.45) is 0 Å². The monoisotopic (exact) mass is 318 g/mol. The molecule has 0 radical (unpaired) electrons. The largest absolute Gasteiger partial charge is 0.445 e. The summed E-state index contributed by atoms with van der Waals surface area (Å²) in [5, 5.41) is 17.2. The number of hydrogen-bond donors (Lipinski definition) is 1. The molecule has 0 aliphatic carbocycles. The minimum Gasteiger partial charge on any atom is -0.296 e. The molecule has 0 atom stereocenters. The van der Waals surface area contributed by atoms with Gasteiger partial charge in [-0.3, -0.25) is 20.2 Å². The summed E-state index contributed by atoms with van der Waals surface area (Å²) in [5.74, 6) is -0.938. The molecular weight excluding hydrogens is 313 g/mol. The van der Waals surface area contributed by atoms with E-state index in [4.69, 9.17) is 0 Å². The van der Waals surface area contributed by atoms with Crippen molar-refractivity contribution < 1.29 is 22.9 Å². The SMILES string of the molecule is O=C(Nc1nnc(C(F)(F)F)s1)c1ccccc1[N+](=O)[O-]. The normalized spacial score (nSPS) is 11.2. The van der Waals surface area contributed by atoms with Crippen LogP contribution in [0.5, 0.6) is 0 Å². The average Bonchev–Trinajstić information content (AvgIpc) is 2.87. The van der Waals surface area contributed by atoms with Gasteiger partial charge in [0.2, 0.25) is 10.1 Å². The molecule has 0 aliphatic rings. The number of anilines is 1. The Kier molecular flexibility index (Phi) is 3.84. The zero-order chi connectivity index (χ0) is 15.6. The van der Waals surface area contributed by atoms with Gasteiger partial charge in [0.1, 0.15) is 5.56 Å². The van der Waals surface area contributed by atoms with Gasteiger partial charge in [0.05, 0.1) is 4.92 Å². The summed E-state index contributed by atoms with van der Waals surface area (Å²) >= 11 is 0.128. The number of nitrogens with zero attached hydrogens (tertiary/aromatic N) is 3. The second-order valence-electron chi connectivity index (χ2n) is 3.64. The molecule has 2 aromatic rings. The van der Waals surface area contributed by atoms with E-state index in [0.29, 0.717) is 0 Å². The maximum absolute atomic E-state index is 12.3. The number of benzene rings is 1. The minimum absolute atomic E-state index is 0.128. The van der Waals surface area contributed by atoms with E-state index < -0.39 is 32.8 Å². The van der Waals surface area contributed by atoms with Crippen LogP contribution >= 0.6 is 11.3 Å². The first-order chi connectivity index (χ1) is 9.79. The molecule has 1 amide bonds. The number of amides is 1. The topological polar surface area (TPSA) is 98.0 Å². The van der Waals surface area contributed by atoms with Gasteiger partial charge in [0.25, 0.3) is 11.6 Å². The summed E-state index contributed by atoms with van der Waals surface area (Å²) in [6.07, 6.45) is -4.67. The number of alkyl halides is 3. The third-order valence-corrected chi connectivity index (χ3v) is 3.12. The van der Waals surface area contributed by atoms with Gasteiger partial charge in [-0.25, -0.2) is 0 Å². The predicted octanol–water partition coefficient (Wildman–Crippen LogP) is 2.72. The molecule has 1 aromatic carbocycles. The Morgan fingerprint density at radius 1 is 1.29 bits per heavy atom. The van der Waals surface area contributed by atoms with Crippen molar-refractivity contribution in [1.82, 2.24) is 10.2 Å². The highest BCUT2D eigenvalue weighted by molar-refractivity contribution is 7.15. The smallest absolute Gasteiger partial charge is 0.296 e. The molecule has 0 saturated carbocycles. The van der Waals surface area contributed by atoms with Gasteiger partial charge in [-0.1, -0.05) is 23.5 Å². The molecule has 7 nitrogen and oxygen atoms in total. The van der Waals surface area contributed by atoms with Gasteiger partial charge in [0, 0.05) is 6.07 Å². The van der Waals surface area contributed by atoms with Crippen LogP contribution in [-0.4, -0.2) is 21.0 Å². The van der Waals surface area contributed by atoms with Crippen molar-refractivity contribution in [1.29, 1.82) is 0 Å². The molecule has 2 rings (SSSR count). The molecule has 0 unspecified atom stereocenters. The third-order valence-electron chi connectivity index (χ3n) is 2.23. The number of halogens is 3. The molecular formula is C10H5F3N4O3S. The first-order valence-corrected chi connectivity index (χ1v) is 6.06. The number of nitro benzene ring substituents is 1. The van der Waals surface area contributed by atoms with Crippen LogP contribution in [0.25, 0.3) is 0 Å². The Morgan fingerprint density at radius 2 is 1.95 bits per heavy atom. The van der Waals surface area contributed by atoms with Gasteiger partial charge < -0.3 is 0 Å². The number of hydrogen-bond acceptors (Lipinski definition) is 6. The lowest BCUT2D eigenvalue weighted by Gasteiger charge is -2.02. The second-order valence-corrected chi connectivity index (χ2v) is 4.62. The maximum atomic E-state index is 12.3. The Hall–Kier alpha value is -2.56. The van der Waals surface area contributed by atoms with Crippen LogP contribution in [-0.2, 0) is 6.18 Å². The highest BCUT2D eigenvalue weighted by Gasteiger charge is 2.36. The highest BCUT2D eigenvalue weighted by atomic mass is 32.1. The first kappa shape index (κ1) is 14.8. The highest BCUT2D eigenvalue weighted by Crippen LogP contribution is 2.33. The molecule has 1 aromatic heterocycles. The summed E-state index contributed by atoms with van der Waals surface area (Å²) in [7, 11) is 0. The first-order valence-electron chi connectivity index (χ1n) is 5.24. The van der Waals surface area contributed by atoms with E-state index in [0.717, 1.165) is 6.07 Å². The van der Waals surface area contributed by atoms with E-state index in [1.807, 2.05) is 5.32 Å². The standard InChI is InChI=1S/C10H5F3N4O3S/c11-10(12,13)8-15-16-9(21-8)14-7(18)5-3-1-2-4-6(5)17(19)20/h1-4H,(H,14,16,18). The van der Waals surface area contributed by atoms with Crippen LogP contribution in [0.15, 0.2) is 24.3 Å². The molecule has 1 heterocycles. The van der Waals surface area contributed by atoms with Crippen molar-refractivity contribution in [3.8, 4) is 0 Å². The van der Waals surface area contributed by atoms with Crippen molar-refractivity contribution >= 4 is 28.1 Å². The van der Waals surface area contributed by atoms with E-state index in [9.17, 15) is 28.1 Å². The summed E-state index contributed by atoms with van der Waals surface area (Å²) in [6, 6.07) is 5.04. The molecule has 0 saturated heterocycles. The van der Waals surface area contributed by atoms with Gasteiger partial charge in [0.15, 0.2) is 0 Å². The molecule has 110 valence electrons. The van der Waals surface area contributed by atoms with E-state index in [1.165, 1.54) is 18.2 Å². The lowest BCUT2D eigenvalue weighted by molar-refractivity contribution is -0.385. The van der Waals surface area contributed by atoms with Crippen LogP contribution < -0.4 is 5.32 Å². The average molecular weight is 318 g/mol. The molecule has 0 fully saturated rings.